The Morgan fingerprint density at radius 2 is 1.94 bits per heavy atom. The molecular weight excluding hydrogens is 232 g/mol. The normalized spacial score (nSPS) is 29.7. The molecule has 0 aromatic carbocycles. The highest BCUT2D eigenvalue weighted by Gasteiger charge is 2.40. The average molecular weight is 258 g/mol. The second-order valence-corrected chi connectivity index (χ2v) is 6.59. The quantitative estimate of drug-likeness (QED) is 0.714. The van der Waals surface area contributed by atoms with E-state index in [0.717, 1.165) is 0 Å². The fraction of sp³-hybridized carbons (Fsp3) is 0.929. The number of hydrogen-bond donors (Lipinski definition) is 0. The maximum Gasteiger partial charge on any atom is 0.311 e. The Kier molecular flexibility index (Phi) is 4.44. The number of hydrogen-bond acceptors (Lipinski definition) is 4. The Labute approximate surface area is 110 Å². The van der Waals surface area contributed by atoms with Crippen LogP contribution in [0.15, 0.2) is 0 Å². The predicted molar refractivity (Wildman–Crippen MR) is 69.1 cm³/mol. The summed E-state index contributed by atoms with van der Waals surface area (Å²) in [5.74, 6) is -0.951. The maximum atomic E-state index is 12.1. The summed E-state index contributed by atoms with van der Waals surface area (Å²) in [6.45, 7) is 13.8. The van der Waals surface area contributed by atoms with Crippen molar-refractivity contribution in [3.8, 4) is 0 Å². The number of carbonyl (C=O) groups excluding carboxylic acids is 1. The average Bonchev–Trinajstić information content (AvgIpc) is 2.18. The molecule has 0 bridgehead atoms. The van der Waals surface area contributed by atoms with Crippen molar-refractivity contribution < 1.29 is 19.0 Å². The molecule has 4 heteroatoms. The third-order valence-corrected chi connectivity index (χ3v) is 2.95. The van der Waals surface area contributed by atoms with Crippen LogP contribution >= 0.6 is 0 Å². The minimum absolute atomic E-state index is 0.163. The van der Waals surface area contributed by atoms with Crippen LogP contribution in [0.1, 0.15) is 48.5 Å². The molecule has 18 heavy (non-hydrogen) atoms. The van der Waals surface area contributed by atoms with Crippen LogP contribution < -0.4 is 0 Å². The minimum Gasteiger partial charge on any atom is -0.460 e. The summed E-state index contributed by atoms with van der Waals surface area (Å²) in [6, 6.07) is 0. The van der Waals surface area contributed by atoms with E-state index in [1.54, 1.807) is 0 Å². The maximum absolute atomic E-state index is 12.1. The number of carbonyl (C=O) groups is 1. The molecule has 1 saturated heterocycles. The van der Waals surface area contributed by atoms with Crippen molar-refractivity contribution in [3.63, 3.8) is 0 Å². The SMILES string of the molecule is C[C@@H]1COC(C)(C)O[C@H]1[C@@H](C)C(=O)OC(C)(C)C. The van der Waals surface area contributed by atoms with E-state index >= 15 is 0 Å². The largest absolute Gasteiger partial charge is 0.460 e. The first-order valence-electron chi connectivity index (χ1n) is 6.56. The molecule has 0 amide bonds. The molecule has 0 aromatic rings. The highest BCUT2D eigenvalue weighted by molar-refractivity contribution is 5.73. The molecule has 0 spiro atoms. The Bertz CT molecular complexity index is 303. The fourth-order valence-corrected chi connectivity index (χ4v) is 2.03. The molecule has 0 N–H and O–H groups in total. The van der Waals surface area contributed by atoms with Gasteiger partial charge in [-0.15, -0.1) is 0 Å². The van der Waals surface area contributed by atoms with Gasteiger partial charge in [0, 0.05) is 5.92 Å². The van der Waals surface area contributed by atoms with Crippen molar-refractivity contribution in [1.82, 2.24) is 0 Å². The standard InChI is InChI=1S/C14H26O4/c1-9-8-16-14(6,7)17-11(9)10(2)12(15)18-13(3,4)5/h9-11H,8H2,1-7H3/t9-,10-,11-/m1/s1. The molecule has 0 aliphatic carbocycles. The Morgan fingerprint density at radius 1 is 1.39 bits per heavy atom. The predicted octanol–water partition coefficient (Wildman–Crippen LogP) is 2.75. The number of ether oxygens (including phenoxy) is 3. The van der Waals surface area contributed by atoms with Gasteiger partial charge in [-0.25, -0.2) is 0 Å². The van der Waals surface area contributed by atoms with E-state index in [4.69, 9.17) is 14.2 Å². The zero-order valence-corrected chi connectivity index (χ0v) is 12.6. The van der Waals surface area contributed by atoms with E-state index in [1.165, 1.54) is 0 Å². The van der Waals surface area contributed by atoms with Gasteiger partial charge < -0.3 is 14.2 Å². The van der Waals surface area contributed by atoms with Gasteiger partial charge in [0.15, 0.2) is 5.79 Å². The molecule has 4 nitrogen and oxygen atoms in total. The molecule has 0 aromatic heterocycles. The van der Waals surface area contributed by atoms with Crippen LogP contribution in [0.5, 0.6) is 0 Å². The summed E-state index contributed by atoms with van der Waals surface area (Å²) in [5, 5.41) is 0. The lowest BCUT2D eigenvalue weighted by molar-refractivity contribution is -0.299. The van der Waals surface area contributed by atoms with Gasteiger partial charge in [0.2, 0.25) is 0 Å². The van der Waals surface area contributed by atoms with Crippen LogP contribution in [0.4, 0.5) is 0 Å². The van der Waals surface area contributed by atoms with Gasteiger partial charge in [0.1, 0.15) is 5.60 Å². The molecule has 1 fully saturated rings. The van der Waals surface area contributed by atoms with Gasteiger partial charge in [0.25, 0.3) is 0 Å². The first-order chi connectivity index (χ1) is 8.02. The van der Waals surface area contributed by atoms with Crippen LogP contribution in [0, 0.1) is 11.8 Å². The van der Waals surface area contributed by atoms with E-state index in [9.17, 15) is 4.79 Å². The van der Waals surface area contributed by atoms with Crippen molar-refractivity contribution >= 4 is 5.97 Å². The molecule has 3 atom stereocenters. The number of esters is 1. The summed E-state index contributed by atoms with van der Waals surface area (Å²) < 4.78 is 16.8. The summed E-state index contributed by atoms with van der Waals surface area (Å²) in [7, 11) is 0. The second kappa shape index (κ2) is 5.17. The molecule has 0 saturated carbocycles. The van der Waals surface area contributed by atoms with Crippen LogP contribution in [-0.2, 0) is 19.0 Å². The zero-order valence-electron chi connectivity index (χ0n) is 12.6. The first kappa shape index (κ1) is 15.4. The molecule has 0 unspecified atom stereocenters. The van der Waals surface area contributed by atoms with Gasteiger partial charge in [-0.3, -0.25) is 4.79 Å². The Hall–Kier alpha value is -0.610. The highest BCUT2D eigenvalue weighted by Crippen LogP contribution is 2.31. The van der Waals surface area contributed by atoms with Crippen molar-refractivity contribution in [2.45, 2.75) is 66.0 Å². The summed E-state index contributed by atoms with van der Waals surface area (Å²) in [5.41, 5.74) is -0.463. The topological polar surface area (TPSA) is 44.8 Å². The lowest BCUT2D eigenvalue weighted by atomic mass is 9.92. The van der Waals surface area contributed by atoms with Gasteiger partial charge in [-0.05, 0) is 41.5 Å². The van der Waals surface area contributed by atoms with E-state index < -0.39 is 11.4 Å². The van der Waals surface area contributed by atoms with Crippen molar-refractivity contribution in [3.05, 3.63) is 0 Å². The minimum atomic E-state index is -0.631. The Morgan fingerprint density at radius 3 is 2.44 bits per heavy atom. The smallest absolute Gasteiger partial charge is 0.311 e. The monoisotopic (exact) mass is 258 g/mol. The van der Waals surface area contributed by atoms with Crippen molar-refractivity contribution in [2.75, 3.05) is 6.61 Å². The van der Waals surface area contributed by atoms with Crippen LogP contribution in [0.2, 0.25) is 0 Å². The molecule has 0 radical (unpaired) electrons. The molecular formula is C14H26O4. The summed E-state index contributed by atoms with van der Waals surface area (Å²) in [4.78, 5) is 12.1. The second-order valence-electron chi connectivity index (χ2n) is 6.59. The third kappa shape index (κ3) is 4.25. The van der Waals surface area contributed by atoms with E-state index in [1.807, 2.05) is 48.5 Å². The van der Waals surface area contributed by atoms with Crippen LogP contribution in [0.3, 0.4) is 0 Å². The zero-order chi connectivity index (χ0) is 14.1. The molecule has 1 heterocycles. The van der Waals surface area contributed by atoms with Gasteiger partial charge in [-0.2, -0.15) is 0 Å². The van der Waals surface area contributed by atoms with E-state index in [0.29, 0.717) is 6.61 Å². The number of rotatable bonds is 2. The van der Waals surface area contributed by atoms with E-state index in [-0.39, 0.29) is 23.9 Å². The summed E-state index contributed by atoms with van der Waals surface area (Å²) in [6.07, 6.45) is -0.163. The lowest BCUT2D eigenvalue weighted by Crippen LogP contribution is -2.49. The van der Waals surface area contributed by atoms with Crippen LogP contribution in [0.25, 0.3) is 0 Å². The first-order valence-corrected chi connectivity index (χ1v) is 6.56. The van der Waals surface area contributed by atoms with Crippen molar-refractivity contribution in [1.29, 1.82) is 0 Å². The molecule has 1 aliphatic heterocycles. The van der Waals surface area contributed by atoms with Gasteiger partial charge in [0.05, 0.1) is 18.6 Å². The molecule has 1 aliphatic rings. The Balaban J connectivity index is 2.70. The lowest BCUT2D eigenvalue weighted by Gasteiger charge is -2.42. The van der Waals surface area contributed by atoms with Gasteiger partial charge >= 0.3 is 5.97 Å². The van der Waals surface area contributed by atoms with Crippen LogP contribution in [-0.4, -0.2) is 30.1 Å². The van der Waals surface area contributed by atoms with Gasteiger partial charge in [-0.1, -0.05) is 6.92 Å². The van der Waals surface area contributed by atoms with Crippen molar-refractivity contribution in [2.24, 2.45) is 11.8 Å². The molecule has 106 valence electrons. The highest BCUT2D eigenvalue weighted by atomic mass is 16.7. The molecule has 1 rings (SSSR count). The third-order valence-electron chi connectivity index (χ3n) is 2.95. The fourth-order valence-electron chi connectivity index (χ4n) is 2.03. The summed E-state index contributed by atoms with van der Waals surface area (Å²) >= 11 is 0. The van der Waals surface area contributed by atoms with E-state index in [2.05, 4.69) is 0 Å².